The van der Waals surface area contributed by atoms with Crippen LogP contribution in [0.25, 0.3) is 22.4 Å². The first kappa shape index (κ1) is 20.9. The number of nitrogens with zero attached hydrogens (tertiary/aromatic N) is 3. The van der Waals surface area contributed by atoms with Crippen LogP contribution < -0.4 is 4.90 Å². The molecule has 2 aromatic heterocycles. The molecule has 0 spiro atoms. The van der Waals surface area contributed by atoms with Crippen LogP contribution in [-0.4, -0.2) is 34.7 Å². The fourth-order valence-electron chi connectivity index (χ4n) is 4.27. The normalized spacial score (nSPS) is 14.1. The number of ether oxygens (including phenoxy) is 1. The van der Waals surface area contributed by atoms with Gasteiger partial charge in [0.15, 0.2) is 6.10 Å². The topological polar surface area (TPSA) is 85.5 Å². The van der Waals surface area contributed by atoms with E-state index in [4.69, 9.17) is 9.26 Å². The Morgan fingerprint density at radius 1 is 1.09 bits per heavy atom. The summed E-state index contributed by atoms with van der Waals surface area (Å²) >= 11 is 0. The Hall–Kier alpha value is -4.00. The van der Waals surface area contributed by atoms with E-state index in [0.717, 1.165) is 29.7 Å². The van der Waals surface area contributed by atoms with E-state index in [1.54, 1.807) is 24.8 Å². The summed E-state index contributed by atoms with van der Waals surface area (Å²) in [5.74, 6) is -0.858. The molecule has 1 amide bonds. The molecule has 0 saturated heterocycles. The lowest BCUT2D eigenvalue weighted by Crippen LogP contribution is -2.42. The van der Waals surface area contributed by atoms with Gasteiger partial charge in [-0.3, -0.25) is 4.79 Å². The number of carbonyl (C=O) groups is 2. The molecule has 2 aromatic carbocycles. The minimum absolute atomic E-state index is 0.244. The number of aryl methyl sites for hydroxylation is 2. The van der Waals surface area contributed by atoms with Crippen LogP contribution in [0.15, 0.2) is 65.2 Å². The van der Waals surface area contributed by atoms with Gasteiger partial charge in [-0.15, -0.1) is 0 Å². The maximum atomic E-state index is 13.2. The molecular weight excluding hydrogens is 418 g/mol. The van der Waals surface area contributed by atoms with Gasteiger partial charge in [0, 0.05) is 17.8 Å². The van der Waals surface area contributed by atoms with Crippen LogP contribution >= 0.6 is 0 Å². The lowest BCUT2D eigenvalue weighted by atomic mass is 10.0. The van der Waals surface area contributed by atoms with Crippen molar-refractivity contribution in [2.75, 3.05) is 11.4 Å². The van der Waals surface area contributed by atoms with Crippen LogP contribution in [0.4, 0.5) is 5.69 Å². The fraction of sp³-hybridized carbons (Fsp3) is 0.231. The number of pyridine rings is 1. The zero-order valence-electron chi connectivity index (χ0n) is 18.4. The molecule has 1 unspecified atom stereocenters. The smallest absolute Gasteiger partial charge is 0.339 e. The summed E-state index contributed by atoms with van der Waals surface area (Å²) in [7, 11) is 0. The van der Waals surface area contributed by atoms with Crippen molar-refractivity contribution >= 4 is 28.7 Å². The number of benzene rings is 2. The molecule has 0 N–H and O–H groups in total. The first-order chi connectivity index (χ1) is 16.0. The van der Waals surface area contributed by atoms with Crippen LogP contribution in [0.3, 0.4) is 0 Å². The van der Waals surface area contributed by atoms with Gasteiger partial charge in [0.1, 0.15) is 0 Å². The highest BCUT2D eigenvalue weighted by Crippen LogP contribution is 2.29. The van der Waals surface area contributed by atoms with E-state index in [2.05, 4.69) is 10.1 Å². The number of amides is 1. The number of rotatable bonds is 4. The lowest BCUT2D eigenvalue weighted by molar-refractivity contribution is -0.126. The Morgan fingerprint density at radius 2 is 1.85 bits per heavy atom. The molecule has 1 atom stereocenters. The van der Waals surface area contributed by atoms with Gasteiger partial charge in [0.25, 0.3) is 11.6 Å². The van der Waals surface area contributed by atoms with Crippen LogP contribution in [0.5, 0.6) is 0 Å². The van der Waals surface area contributed by atoms with Gasteiger partial charge in [-0.05, 0) is 44.4 Å². The van der Waals surface area contributed by atoms with Crippen molar-refractivity contribution in [3.05, 3.63) is 77.5 Å². The molecule has 7 heteroatoms. The van der Waals surface area contributed by atoms with E-state index in [9.17, 15) is 9.59 Å². The van der Waals surface area contributed by atoms with Crippen molar-refractivity contribution in [1.82, 2.24) is 10.1 Å². The van der Waals surface area contributed by atoms with Crippen LogP contribution in [0, 0.1) is 6.92 Å². The predicted octanol–water partition coefficient (Wildman–Crippen LogP) is 4.72. The minimum Gasteiger partial charge on any atom is -0.449 e. The molecule has 0 aliphatic carbocycles. The third-order valence-corrected chi connectivity index (χ3v) is 5.91. The monoisotopic (exact) mass is 441 g/mol. The molecule has 0 fully saturated rings. The number of carbonyl (C=O) groups excluding carboxylic acids is 2. The Labute approximate surface area is 191 Å². The third-order valence-electron chi connectivity index (χ3n) is 5.91. The summed E-state index contributed by atoms with van der Waals surface area (Å²) in [6, 6.07) is 19.0. The lowest BCUT2D eigenvalue weighted by Gasteiger charge is -2.31. The Kier molecular flexibility index (Phi) is 5.38. The van der Waals surface area contributed by atoms with E-state index in [-0.39, 0.29) is 17.2 Å². The quantitative estimate of drug-likeness (QED) is 0.426. The molecule has 7 nitrogen and oxygen atoms in total. The van der Waals surface area contributed by atoms with Crippen molar-refractivity contribution in [3.8, 4) is 11.3 Å². The molecule has 1 aliphatic heterocycles. The minimum atomic E-state index is -0.952. The van der Waals surface area contributed by atoms with Gasteiger partial charge in [-0.2, -0.15) is 0 Å². The number of anilines is 1. The van der Waals surface area contributed by atoms with Gasteiger partial charge >= 0.3 is 5.97 Å². The third kappa shape index (κ3) is 3.86. The van der Waals surface area contributed by atoms with Gasteiger partial charge < -0.3 is 14.2 Å². The molecule has 0 bridgehead atoms. The van der Waals surface area contributed by atoms with Crippen molar-refractivity contribution in [2.45, 2.75) is 32.8 Å². The summed E-state index contributed by atoms with van der Waals surface area (Å²) in [6.07, 6.45) is 0.847. The molecule has 5 rings (SSSR count). The van der Waals surface area contributed by atoms with Crippen LogP contribution in [0.2, 0.25) is 0 Å². The van der Waals surface area contributed by atoms with E-state index in [0.29, 0.717) is 23.3 Å². The van der Waals surface area contributed by atoms with Gasteiger partial charge in [-0.1, -0.05) is 53.7 Å². The largest absolute Gasteiger partial charge is 0.449 e. The van der Waals surface area contributed by atoms with E-state index in [1.807, 2.05) is 54.6 Å². The Balaban J connectivity index is 1.45. The first-order valence-corrected chi connectivity index (χ1v) is 11.0. The van der Waals surface area contributed by atoms with Crippen LogP contribution in [-0.2, 0) is 16.0 Å². The second kappa shape index (κ2) is 8.50. The number of hydrogen-bond acceptors (Lipinski definition) is 6. The highest BCUT2D eigenvalue weighted by Gasteiger charge is 2.30. The molecule has 3 heterocycles. The maximum Gasteiger partial charge on any atom is 0.339 e. The maximum absolute atomic E-state index is 13.2. The second-order valence-electron chi connectivity index (χ2n) is 8.14. The zero-order chi connectivity index (χ0) is 22.9. The second-order valence-corrected chi connectivity index (χ2v) is 8.14. The molecule has 33 heavy (non-hydrogen) atoms. The van der Waals surface area contributed by atoms with E-state index in [1.165, 1.54) is 0 Å². The number of esters is 1. The van der Waals surface area contributed by atoms with Gasteiger partial charge in [-0.25, -0.2) is 9.78 Å². The summed E-state index contributed by atoms with van der Waals surface area (Å²) in [4.78, 5) is 32.7. The Morgan fingerprint density at radius 3 is 2.67 bits per heavy atom. The number of fused-ring (bicyclic) bond motifs is 2. The highest BCUT2D eigenvalue weighted by atomic mass is 16.5. The van der Waals surface area contributed by atoms with Gasteiger partial charge in [0.05, 0.1) is 22.3 Å². The molecule has 166 valence electrons. The molecular formula is C26H23N3O4. The van der Waals surface area contributed by atoms with Crippen molar-refractivity contribution < 1.29 is 18.8 Å². The molecule has 0 radical (unpaired) electrons. The molecule has 1 aliphatic rings. The summed E-state index contributed by atoms with van der Waals surface area (Å²) in [5, 5.41) is 4.45. The summed E-state index contributed by atoms with van der Waals surface area (Å²) < 4.78 is 11.0. The van der Waals surface area contributed by atoms with Crippen molar-refractivity contribution in [1.29, 1.82) is 0 Å². The Bertz CT molecular complexity index is 1350. The molecule has 4 aromatic rings. The number of para-hydroxylation sites is 1. The summed E-state index contributed by atoms with van der Waals surface area (Å²) in [6.45, 7) is 3.94. The zero-order valence-corrected chi connectivity index (χ0v) is 18.4. The first-order valence-electron chi connectivity index (χ1n) is 11.0. The summed E-state index contributed by atoms with van der Waals surface area (Å²) in [5.41, 5.74) is 4.46. The standard InChI is InChI=1S/C26H23N3O4/c1-16-23-20(15-21(27-24(23)33-28-16)18-9-4-3-5-10-18)26(31)32-17(2)25(30)29-14-8-12-19-11-6-7-13-22(19)29/h3-7,9-11,13,15,17H,8,12,14H2,1-2H3. The number of aromatic nitrogens is 2. The molecule has 0 saturated carbocycles. The van der Waals surface area contributed by atoms with Crippen molar-refractivity contribution in [2.24, 2.45) is 0 Å². The fourth-order valence-corrected chi connectivity index (χ4v) is 4.27. The van der Waals surface area contributed by atoms with E-state index >= 15 is 0 Å². The predicted molar refractivity (Wildman–Crippen MR) is 124 cm³/mol. The van der Waals surface area contributed by atoms with Crippen LogP contribution in [0.1, 0.15) is 35.0 Å². The van der Waals surface area contributed by atoms with Gasteiger partial charge in [0.2, 0.25) is 0 Å². The number of hydrogen-bond donors (Lipinski definition) is 0. The SMILES string of the molecule is Cc1noc2nc(-c3ccccc3)cc(C(=O)OC(C)C(=O)N3CCCc4ccccc43)c12. The average Bonchev–Trinajstić information content (AvgIpc) is 3.23. The van der Waals surface area contributed by atoms with E-state index < -0.39 is 12.1 Å². The van der Waals surface area contributed by atoms with Crippen molar-refractivity contribution in [3.63, 3.8) is 0 Å². The highest BCUT2D eigenvalue weighted by molar-refractivity contribution is 6.06. The average molecular weight is 441 g/mol.